The van der Waals surface area contributed by atoms with Crippen molar-refractivity contribution in [1.82, 2.24) is 9.88 Å². The molecule has 0 saturated carbocycles. The first-order valence-corrected chi connectivity index (χ1v) is 12.2. The Morgan fingerprint density at radius 2 is 1.55 bits per heavy atom. The van der Waals surface area contributed by atoms with Crippen LogP contribution in [0.2, 0.25) is 0 Å². The van der Waals surface area contributed by atoms with Crippen LogP contribution in [-0.2, 0) is 10.8 Å². The van der Waals surface area contributed by atoms with E-state index < -0.39 is 0 Å². The highest BCUT2D eigenvalue weighted by Crippen LogP contribution is 2.46. The first-order valence-electron chi connectivity index (χ1n) is 12.2. The van der Waals surface area contributed by atoms with E-state index in [-0.39, 0.29) is 10.8 Å². The van der Waals surface area contributed by atoms with Crippen molar-refractivity contribution < 1.29 is 5.11 Å². The van der Waals surface area contributed by atoms with Crippen LogP contribution in [0.3, 0.4) is 0 Å². The second-order valence-electron chi connectivity index (χ2n) is 10.9. The summed E-state index contributed by atoms with van der Waals surface area (Å²) in [6.07, 6.45) is 5.76. The number of nitrogens with zero attached hydrogens (tertiary/aromatic N) is 2. The van der Waals surface area contributed by atoms with Crippen LogP contribution >= 0.6 is 0 Å². The zero-order valence-electron chi connectivity index (χ0n) is 20.0. The van der Waals surface area contributed by atoms with E-state index in [2.05, 4.69) is 72.8 Å². The highest BCUT2D eigenvalue weighted by atomic mass is 16.2. The number of rotatable bonds is 7. The average Bonchev–Trinajstić information content (AvgIpc) is 3.25. The molecule has 1 aromatic carbocycles. The van der Waals surface area contributed by atoms with Crippen molar-refractivity contribution in [3.8, 4) is 11.3 Å². The predicted molar refractivity (Wildman–Crippen MR) is 131 cm³/mol. The third-order valence-corrected chi connectivity index (χ3v) is 7.68. The molecule has 0 atom stereocenters. The van der Waals surface area contributed by atoms with Gasteiger partial charge in [0.25, 0.3) is 0 Å². The van der Waals surface area contributed by atoms with Crippen LogP contribution in [-0.4, -0.2) is 54.3 Å². The van der Waals surface area contributed by atoms with Crippen LogP contribution in [0.5, 0.6) is 0 Å². The lowest BCUT2D eigenvalue weighted by atomic mass is 9.63. The number of H-pyrrole nitrogens is 1. The molecule has 1 aliphatic carbocycles. The molecule has 0 unspecified atom stereocenters. The van der Waals surface area contributed by atoms with Crippen molar-refractivity contribution in [2.24, 2.45) is 0 Å². The second-order valence-corrected chi connectivity index (χ2v) is 10.9. The average molecular weight is 424 g/mol. The summed E-state index contributed by atoms with van der Waals surface area (Å²) in [6.45, 7) is 15.4. The van der Waals surface area contributed by atoms with Crippen LogP contribution in [0.15, 0.2) is 30.3 Å². The number of nitrogens with one attached hydrogen (secondary N) is 1. The fraction of sp³-hybridized carbons (Fsp3) is 0.630. The number of aromatic amines is 1. The lowest BCUT2D eigenvalue weighted by molar-refractivity contribution is 0.242. The standard InChI is InChI=1S/C27H41N3O/c1-26(2)12-13-27(3,4)23-20-21(8-9-22(23)26)24-10-11-25(28-24)30-17-15-29(16-18-30)14-6-5-7-19-31/h8-11,20,28,31H,5-7,12-19H2,1-4H3. The molecular formula is C27H41N3O. The number of benzene rings is 1. The Kier molecular flexibility index (Phi) is 6.50. The van der Waals surface area contributed by atoms with E-state index in [1.165, 1.54) is 47.5 Å². The largest absolute Gasteiger partial charge is 0.396 e. The quantitative estimate of drug-likeness (QED) is 0.593. The van der Waals surface area contributed by atoms with Crippen molar-refractivity contribution in [2.45, 2.75) is 70.6 Å². The van der Waals surface area contributed by atoms with Crippen LogP contribution in [0, 0.1) is 0 Å². The van der Waals surface area contributed by atoms with Gasteiger partial charge in [-0.15, -0.1) is 0 Å². The maximum Gasteiger partial charge on any atom is 0.106 e. The molecule has 2 aliphatic rings. The Hall–Kier alpha value is -1.78. The fourth-order valence-electron chi connectivity index (χ4n) is 5.33. The zero-order chi connectivity index (χ0) is 22.1. The number of unbranched alkanes of at least 4 members (excludes halogenated alkanes) is 2. The first kappa shape index (κ1) is 22.4. The van der Waals surface area contributed by atoms with Gasteiger partial charge in [-0.05, 0) is 84.4 Å². The number of aliphatic hydroxyl groups excluding tert-OH is 1. The maximum absolute atomic E-state index is 8.93. The van der Waals surface area contributed by atoms with Gasteiger partial charge in [0.2, 0.25) is 0 Å². The number of piperazine rings is 1. The molecule has 0 amide bonds. The Balaban J connectivity index is 1.43. The number of fused-ring (bicyclic) bond motifs is 1. The van der Waals surface area contributed by atoms with Crippen LogP contribution in [0.1, 0.15) is 70.9 Å². The fourth-order valence-corrected chi connectivity index (χ4v) is 5.33. The number of aliphatic hydroxyl groups is 1. The predicted octanol–water partition coefficient (Wildman–Crippen LogP) is 5.32. The molecule has 0 bridgehead atoms. The summed E-state index contributed by atoms with van der Waals surface area (Å²) >= 11 is 0. The van der Waals surface area contributed by atoms with E-state index >= 15 is 0 Å². The SMILES string of the molecule is CC1(C)CCC(C)(C)c2cc(-c3ccc(N4CCN(CCCCCO)CC4)[nH]3)ccc21. The maximum atomic E-state index is 8.93. The molecule has 4 nitrogen and oxygen atoms in total. The van der Waals surface area contributed by atoms with Gasteiger partial charge in [0, 0.05) is 38.5 Å². The van der Waals surface area contributed by atoms with Gasteiger partial charge < -0.3 is 15.0 Å². The third kappa shape index (κ3) is 4.85. The van der Waals surface area contributed by atoms with E-state index in [4.69, 9.17) is 5.11 Å². The summed E-state index contributed by atoms with van der Waals surface area (Å²) in [5, 5.41) is 8.93. The molecule has 4 rings (SSSR count). The Morgan fingerprint density at radius 3 is 2.26 bits per heavy atom. The Labute approximate surface area is 188 Å². The smallest absolute Gasteiger partial charge is 0.106 e. The minimum atomic E-state index is 0.240. The number of anilines is 1. The topological polar surface area (TPSA) is 42.5 Å². The monoisotopic (exact) mass is 423 g/mol. The minimum Gasteiger partial charge on any atom is -0.396 e. The number of hydrogen-bond donors (Lipinski definition) is 2. The van der Waals surface area contributed by atoms with Crippen molar-refractivity contribution in [3.05, 3.63) is 41.5 Å². The van der Waals surface area contributed by atoms with Crippen LogP contribution in [0.4, 0.5) is 5.82 Å². The van der Waals surface area contributed by atoms with Gasteiger partial charge >= 0.3 is 0 Å². The molecule has 2 N–H and O–H groups in total. The second kappa shape index (κ2) is 8.99. The van der Waals surface area contributed by atoms with E-state index in [1.54, 1.807) is 0 Å². The van der Waals surface area contributed by atoms with Crippen molar-refractivity contribution >= 4 is 5.82 Å². The third-order valence-electron chi connectivity index (χ3n) is 7.68. The van der Waals surface area contributed by atoms with E-state index in [1.807, 2.05) is 0 Å². The van der Waals surface area contributed by atoms with Gasteiger partial charge in [-0.25, -0.2) is 0 Å². The van der Waals surface area contributed by atoms with E-state index in [0.29, 0.717) is 6.61 Å². The number of hydrogen-bond acceptors (Lipinski definition) is 3. The molecule has 31 heavy (non-hydrogen) atoms. The van der Waals surface area contributed by atoms with Gasteiger partial charge in [0.05, 0.1) is 0 Å². The van der Waals surface area contributed by atoms with E-state index in [9.17, 15) is 0 Å². The van der Waals surface area contributed by atoms with Gasteiger partial charge in [-0.2, -0.15) is 0 Å². The normalized spacial score (nSPS) is 20.6. The summed E-state index contributed by atoms with van der Waals surface area (Å²) in [7, 11) is 0. The molecule has 1 fully saturated rings. The summed E-state index contributed by atoms with van der Waals surface area (Å²) in [6, 6.07) is 11.6. The molecule has 170 valence electrons. The van der Waals surface area contributed by atoms with Gasteiger partial charge in [-0.1, -0.05) is 39.8 Å². The highest BCUT2D eigenvalue weighted by Gasteiger charge is 2.37. The zero-order valence-corrected chi connectivity index (χ0v) is 20.0. The summed E-state index contributed by atoms with van der Waals surface area (Å²) in [5.41, 5.74) is 6.08. The van der Waals surface area contributed by atoms with Crippen LogP contribution in [0.25, 0.3) is 11.3 Å². The highest BCUT2D eigenvalue weighted by molar-refractivity contribution is 5.66. The molecule has 1 aromatic heterocycles. The van der Waals surface area contributed by atoms with Gasteiger partial charge in [0.1, 0.15) is 5.82 Å². The Bertz CT molecular complexity index is 874. The molecule has 1 aliphatic heterocycles. The molecule has 1 saturated heterocycles. The lowest BCUT2D eigenvalue weighted by Gasteiger charge is -2.42. The summed E-state index contributed by atoms with van der Waals surface area (Å²) in [4.78, 5) is 8.75. The van der Waals surface area contributed by atoms with Crippen molar-refractivity contribution in [1.29, 1.82) is 0 Å². The molecule has 2 heterocycles. The molecule has 4 heteroatoms. The summed E-state index contributed by atoms with van der Waals surface area (Å²) in [5.74, 6) is 1.24. The van der Waals surface area contributed by atoms with Crippen LogP contribution < -0.4 is 4.90 Å². The van der Waals surface area contributed by atoms with Gasteiger partial charge in [-0.3, -0.25) is 4.90 Å². The lowest BCUT2D eigenvalue weighted by Crippen LogP contribution is -2.46. The van der Waals surface area contributed by atoms with Crippen molar-refractivity contribution in [2.75, 3.05) is 44.2 Å². The molecule has 2 aromatic rings. The number of aromatic nitrogens is 1. The molecule has 0 spiro atoms. The summed E-state index contributed by atoms with van der Waals surface area (Å²) < 4.78 is 0. The van der Waals surface area contributed by atoms with E-state index in [0.717, 1.165) is 45.6 Å². The first-order chi connectivity index (χ1) is 14.8. The molecular weight excluding hydrogens is 382 g/mol. The Morgan fingerprint density at radius 1 is 0.839 bits per heavy atom. The minimum absolute atomic E-state index is 0.240. The molecule has 0 radical (unpaired) electrons. The van der Waals surface area contributed by atoms with Gasteiger partial charge in [0.15, 0.2) is 0 Å². The van der Waals surface area contributed by atoms with Crippen molar-refractivity contribution in [3.63, 3.8) is 0 Å².